The summed E-state index contributed by atoms with van der Waals surface area (Å²) in [4.78, 5) is 14.3. The lowest BCUT2D eigenvalue weighted by Crippen LogP contribution is -2.47. The average molecular weight is 322 g/mol. The monoisotopic (exact) mass is 322 g/mol. The Morgan fingerprint density at radius 1 is 1.00 bits per heavy atom. The lowest BCUT2D eigenvalue weighted by molar-refractivity contribution is 0.153. The molecule has 0 radical (unpaired) electrons. The van der Waals surface area contributed by atoms with Gasteiger partial charge in [-0.2, -0.15) is 0 Å². The molecule has 0 unspecified atom stereocenters. The Balaban J connectivity index is 1.41. The van der Waals surface area contributed by atoms with Gasteiger partial charge >= 0.3 is 0 Å². The zero-order chi connectivity index (χ0) is 16.5. The highest BCUT2D eigenvalue weighted by Crippen LogP contribution is 2.27. The van der Waals surface area contributed by atoms with E-state index >= 15 is 0 Å². The highest BCUT2D eigenvalue weighted by atomic mass is 15.2. The SMILES string of the molecule is Cc1cnc(C)c(N2CCC(N3CCc4ccccc4C3)CC2)n1. The molecule has 3 heterocycles. The molecule has 1 saturated heterocycles. The van der Waals surface area contributed by atoms with Crippen LogP contribution in [0.2, 0.25) is 0 Å². The maximum absolute atomic E-state index is 4.71. The maximum atomic E-state index is 4.71. The van der Waals surface area contributed by atoms with Crippen LogP contribution in [0.1, 0.15) is 35.4 Å². The molecule has 0 N–H and O–H groups in total. The van der Waals surface area contributed by atoms with Crippen molar-refractivity contribution in [2.75, 3.05) is 24.5 Å². The first kappa shape index (κ1) is 15.6. The summed E-state index contributed by atoms with van der Waals surface area (Å²) < 4.78 is 0. The van der Waals surface area contributed by atoms with Crippen molar-refractivity contribution in [2.24, 2.45) is 0 Å². The van der Waals surface area contributed by atoms with Gasteiger partial charge in [0.15, 0.2) is 0 Å². The van der Waals surface area contributed by atoms with E-state index in [1.807, 2.05) is 13.1 Å². The molecule has 4 heteroatoms. The number of hydrogen-bond acceptors (Lipinski definition) is 4. The van der Waals surface area contributed by atoms with E-state index in [9.17, 15) is 0 Å². The van der Waals surface area contributed by atoms with Crippen molar-refractivity contribution in [3.8, 4) is 0 Å². The number of anilines is 1. The second-order valence-corrected chi connectivity index (χ2v) is 7.13. The van der Waals surface area contributed by atoms with Gasteiger partial charge in [0.25, 0.3) is 0 Å². The van der Waals surface area contributed by atoms with E-state index < -0.39 is 0 Å². The number of aryl methyl sites for hydroxylation is 2. The first-order valence-corrected chi connectivity index (χ1v) is 9.07. The van der Waals surface area contributed by atoms with Crippen molar-refractivity contribution in [3.63, 3.8) is 0 Å². The molecular weight excluding hydrogens is 296 g/mol. The van der Waals surface area contributed by atoms with Crippen molar-refractivity contribution in [1.29, 1.82) is 0 Å². The minimum atomic E-state index is 0.702. The van der Waals surface area contributed by atoms with Crippen LogP contribution < -0.4 is 4.90 Å². The number of fused-ring (bicyclic) bond motifs is 1. The van der Waals surface area contributed by atoms with Gasteiger partial charge in [-0.15, -0.1) is 0 Å². The van der Waals surface area contributed by atoms with Crippen LogP contribution in [-0.2, 0) is 13.0 Å². The molecule has 2 aliphatic rings. The Bertz CT molecular complexity index is 719. The molecule has 126 valence electrons. The van der Waals surface area contributed by atoms with Gasteiger partial charge in [-0.05, 0) is 44.2 Å². The predicted octanol–water partition coefficient (Wildman–Crippen LogP) is 3.12. The topological polar surface area (TPSA) is 32.3 Å². The second kappa shape index (κ2) is 6.52. The predicted molar refractivity (Wildman–Crippen MR) is 97.3 cm³/mol. The Kier molecular flexibility index (Phi) is 4.23. The van der Waals surface area contributed by atoms with Crippen molar-refractivity contribution >= 4 is 5.82 Å². The molecule has 0 bridgehead atoms. The third kappa shape index (κ3) is 3.03. The molecule has 0 saturated carbocycles. The summed E-state index contributed by atoms with van der Waals surface area (Å²) in [5, 5.41) is 0. The largest absolute Gasteiger partial charge is 0.355 e. The molecule has 0 spiro atoms. The van der Waals surface area contributed by atoms with Gasteiger partial charge in [0.1, 0.15) is 5.82 Å². The minimum Gasteiger partial charge on any atom is -0.355 e. The zero-order valence-corrected chi connectivity index (χ0v) is 14.7. The van der Waals surface area contributed by atoms with E-state index in [1.54, 1.807) is 0 Å². The number of nitrogens with zero attached hydrogens (tertiary/aromatic N) is 4. The van der Waals surface area contributed by atoms with Crippen LogP contribution in [0.4, 0.5) is 5.82 Å². The molecular formula is C20H26N4. The molecule has 4 rings (SSSR count). The van der Waals surface area contributed by atoms with E-state index in [0.29, 0.717) is 6.04 Å². The lowest BCUT2D eigenvalue weighted by Gasteiger charge is -2.41. The van der Waals surface area contributed by atoms with E-state index in [-0.39, 0.29) is 0 Å². The van der Waals surface area contributed by atoms with E-state index in [1.165, 1.54) is 36.9 Å². The van der Waals surface area contributed by atoms with Crippen LogP contribution in [0.15, 0.2) is 30.5 Å². The van der Waals surface area contributed by atoms with Gasteiger partial charge in [-0.3, -0.25) is 9.88 Å². The van der Waals surface area contributed by atoms with Gasteiger partial charge < -0.3 is 4.90 Å². The fourth-order valence-corrected chi connectivity index (χ4v) is 4.10. The Morgan fingerprint density at radius 3 is 2.54 bits per heavy atom. The van der Waals surface area contributed by atoms with Crippen LogP contribution >= 0.6 is 0 Å². The Hall–Kier alpha value is -1.94. The molecule has 0 aliphatic carbocycles. The summed E-state index contributed by atoms with van der Waals surface area (Å²) in [5.74, 6) is 1.08. The molecule has 2 aromatic rings. The fourth-order valence-electron chi connectivity index (χ4n) is 4.10. The van der Waals surface area contributed by atoms with Crippen LogP contribution in [-0.4, -0.2) is 40.5 Å². The molecule has 24 heavy (non-hydrogen) atoms. The molecule has 2 aliphatic heterocycles. The smallest absolute Gasteiger partial charge is 0.150 e. The van der Waals surface area contributed by atoms with Crippen molar-refractivity contribution in [3.05, 3.63) is 53.0 Å². The van der Waals surface area contributed by atoms with Crippen LogP contribution in [0.5, 0.6) is 0 Å². The summed E-state index contributed by atoms with van der Waals surface area (Å²) in [6, 6.07) is 9.62. The van der Waals surface area contributed by atoms with Gasteiger partial charge in [0.2, 0.25) is 0 Å². The first-order chi connectivity index (χ1) is 11.7. The van der Waals surface area contributed by atoms with E-state index in [2.05, 4.69) is 46.0 Å². The maximum Gasteiger partial charge on any atom is 0.150 e. The summed E-state index contributed by atoms with van der Waals surface area (Å²) in [5.41, 5.74) is 5.11. The summed E-state index contributed by atoms with van der Waals surface area (Å²) in [6.07, 6.45) is 5.49. The fraction of sp³-hybridized carbons (Fsp3) is 0.500. The van der Waals surface area contributed by atoms with Crippen LogP contribution in [0.25, 0.3) is 0 Å². The highest BCUT2D eigenvalue weighted by Gasteiger charge is 2.28. The summed E-state index contributed by atoms with van der Waals surface area (Å²) in [7, 11) is 0. The lowest BCUT2D eigenvalue weighted by atomic mass is 9.95. The third-order valence-electron chi connectivity index (χ3n) is 5.49. The first-order valence-electron chi connectivity index (χ1n) is 9.07. The molecule has 1 aromatic heterocycles. The second-order valence-electron chi connectivity index (χ2n) is 7.13. The van der Waals surface area contributed by atoms with Gasteiger partial charge in [-0.1, -0.05) is 24.3 Å². The summed E-state index contributed by atoms with van der Waals surface area (Å²) >= 11 is 0. The number of hydrogen-bond donors (Lipinski definition) is 0. The van der Waals surface area contributed by atoms with Crippen LogP contribution in [0, 0.1) is 13.8 Å². The quantitative estimate of drug-likeness (QED) is 0.850. The molecule has 1 aromatic carbocycles. The van der Waals surface area contributed by atoms with Gasteiger partial charge in [0, 0.05) is 38.4 Å². The number of rotatable bonds is 2. The molecule has 0 atom stereocenters. The highest BCUT2D eigenvalue weighted by molar-refractivity contribution is 5.43. The summed E-state index contributed by atoms with van der Waals surface area (Å²) in [6.45, 7) is 8.57. The Labute approximate surface area is 144 Å². The van der Waals surface area contributed by atoms with E-state index in [4.69, 9.17) is 4.98 Å². The number of piperidine rings is 1. The third-order valence-corrected chi connectivity index (χ3v) is 5.49. The van der Waals surface area contributed by atoms with Crippen molar-refractivity contribution in [1.82, 2.24) is 14.9 Å². The standard InChI is InChI=1S/C20H26N4/c1-15-13-21-16(2)20(22-15)23-11-8-19(9-12-23)24-10-7-17-5-3-4-6-18(17)14-24/h3-6,13,19H,7-12,14H2,1-2H3. The normalized spacial score (nSPS) is 19.3. The van der Waals surface area contributed by atoms with Gasteiger partial charge in [-0.25, -0.2) is 4.98 Å². The molecule has 4 nitrogen and oxygen atoms in total. The van der Waals surface area contributed by atoms with Crippen molar-refractivity contribution < 1.29 is 0 Å². The number of benzene rings is 1. The molecule has 0 amide bonds. The average Bonchev–Trinajstić information content (AvgIpc) is 2.63. The minimum absolute atomic E-state index is 0.702. The zero-order valence-electron chi connectivity index (χ0n) is 14.7. The number of aromatic nitrogens is 2. The van der Waals surface area contributed by atoms with Crippen molar-refractivity contribution in [2.45, 2.75) is 45.7 Å². The molecule has 1 fully saturated rings. The van der Waals surface area contributed by atoms with E-state index in [0.717, 1.165) is 36.8 Å². The van der Waals surface area contributed by atoms with Crippen LogP contribution in [0.3, 0.4) is 0 Å². The van der Waals surface area contributed by atoms with Gasteiger partial charge in [0.05, 0.1) is 11.4 Å². The Morgan fingerprint density at radius 2 is 1.75 bits per heavy atom.